The fourth-order valence-electron chi connectivity index (χ4n) is 4.31. The minimum atomic E-state index is -3.41. The molecule has 0 fully saturated rings. The molecular weight excluding hydrogens is 404 g/mol. The zero-order chi connectivity index (χ0) is 22.2. The molecule has 1 atom stereocenters. The number of nitriles is 1. The average molecular weight is 431 g/mol. The molecule has 1 aliphatic rings. The summed E-state index contributed by atoms with van der Waals surface area (Å²) in [6.07, 6.45) is 0.850. The molecule has 1 N–H and O–H groups in total. The maximum absolute atomic E-state index is 12.9. The van der Waals surface area contributed by atoms with E-state index >= 15 is 0 Å². The van der Waals surface area contributed by atoms with Crippen LogP contribution in [0.15, 0.2) is 71.6 Å². The van der Waals surface area contributed by atoms with E-state index in [2.05, 4.69) is 25.2 Å². The maximum atomic E-state index is 12.9. The number of hydrogen-bond acceptors (Lipinski definition) is 4. The summed E-state index contributed by atoms with van der Waals surface area (Å²) in [6, 6.07) is 22.9. The number of nitrogens with one attached hydrogen (secondary N) is 1. The molecule has 0 aliphatic carbocycles. The van der Waals surface area contributed by atoms with E-state index in [1.54, 1.807) is 12.1 Å². The zero-order valence-electron chi connectivity index (χ0n) is 18.0. The van der Waals surface area contributed by atoms with Gasteiger partial charge < -0.3 is 5.32 Å². The molecule has 31 heavy (non-hydrogen) atoms. The van der Waals surface area contributed by atoms with Crippen LogP contribution in [0.1, 0.15) is 54.1 Å². The number of rotatable bonds is 4. The van der Waals surface area contributed by atoms with E-state index in [1.165, 1.54) is 0 Å². The van der Waals surface area contributed by atoms with E-state index in [9.17, 15) is 13.7 Å². The topological polar surface area (TPSA) is 70.0 Å². The molecule has 0 saturated heterocycles. The van der Waals surface area contributed by atoms with Crippen LogP contribution in [0.3, 0.4) is 0 Å². The Balaban J connectivity index is 1.61. The largest absolute Gasteiger partial charge is 0.378 e. The van der Waals surface area contributed by atoms with Crippen LogP contribution in [0.5, 0.6) is 0 Å². The van der Waals surface area contributed by atoms with Gasteiger partial charge in [0.25, 0.3) is 0 Å². The molecule has 0 bridgehead atoms. The van der Waals surface area contributed by atoms with Crippen LogP contribution in [0.4, 0.5) is 5.69 Å². The fourth-order valence-corrected chi connectivity index (χ4v) is 5.64. The van der Waals surface area contributed by atoms with E-state index < -0.39 is 9.84 Å². The Morgan fingerprint density at radius 1 is 1.06 bits per heavy atom. The van der Waals surface area contributed by atoms with Crippen LogP contribution >= 0.6 is 0 Å². The highest BCUT2D eigenvalue weighted by Gasteiger charge is 2.33. The Morgan fingerprint density at radius 3 is 2.52 bits per heavy atom. The average Bonchev–Trinajstić information content (AvgIpc) is 2.73. The molecule has 4 nitrogen and oxygen atoms in total. The highest BCUT2D eigenvalue weighted by molar-refractivity contribution is 7.90. The van der Waals surface area contributed by atoms with Gasteiger partial charge in [-0.15, -0.1) is 0 Å². The highest BCUT2D eigenvalue weighted by atomic mass is 32.2. The van der Waals surface area contributed by atoms with Crippen molar-refractivity contribution in [2.75, 3.05) is 5.32 Å². The van der Waals surface area contributed by atoms with Gasteiger partial charge in [0.2, 0.25) is 0 Å². The molecule has 1 heterocycles. The van der Waals surface area contributed by atoms with E-state index in [0.29, 0.717) is 10.5 Å². The van der Waals surface area contributed by atoms with E-state index in [1.807, 2.05) is 61.5 Å². The summed E-state index contributed by atoms with van der Waals surface area (Å²) in [5.74, 6) is -0.0257. The van der Waals surface area contributed by atoms with Crippen LogP contribution in [-0.2, 0) is 21.0 Å². The molecule has 1 unspecified atom stereocenters. The number of hydrogen-bond donors (Lipinski definition) is 1. The van der Waals surface area contributed by atoms with Gasteiger partial charge in [-0.2, -0.15) is 5.26 Å². The van der Waals surface area contributed by atoms with E-state index in [-0.39, 0.29) is 17.2 Å². The summed E-state index contributed by atoms with van der Waals surface area (Å²) < 4.78 is 25.8. The number of benzene rings is 3. The van der Waals surface area contributed by atoms with Crippen molar-refractivity contribution in [1.29, 1.82) is 5.26 Å². The molecule has 0 amide bonds. The Hall–Kier alpha value is -3.10. The molecule has 0 spiro atoms. The van der Waals surface area contributed by atoms with Crippen molar-refractivity contribution in [3.63, 3.8) is 0 Å². The summed E-state index contributed by atoms with van der Waals surface area (Å²) in [7, 11) is -3.41. The second-order valence-corrected chi connectivity index (χ2v) is 11.0. The van der Waals surface area contributed by atoms with Crippen molar-refractivity contribution in [3.8, 4) is 6.07 Å². The van der Waals surface area contributed by atoms with Gasteiger partial charge in [0, 0.05) is 5.69 Å². The normalized spacial score (nSPS) is 17.3. The van der Waals surface area contributed by atoms with Crippen LogP contribution in [-0.4, -0.2) is 8.42 Å². The fraction of sp³-hybridized carbons (Fsp3) is 0.269. The summed E-state index contributed by atoms with van der Waals surface area (Å²) in [5.41, 5.74) is 5.61. The van der Waals surface area contributed by atoms with Crippen LogP contribution in [0, 0.1) is 18.3 Å². The highest BCUT2D eigenvalue weighted by Crippen LogP contribution is 2.44. The lowest BCUT2D eigenvalue weighted by Gasteiger charge is -2.39. The summed E-state index contributed by atoms with van der Waals surface area (Å²) in [4.78, 5) is 0.350. The number of sulfone groups is 1. The smallest absolute Gasteiger partial charge is 0.182 e. The van der Waals surface area contributed by atoms with Gasteiger partial charge in [-0.1, -0.05) is 55.8 Å². The summed E-state index contributed by atoms with van der Waals surface area (Å²) >= 11 is 0. The van der Waals surface area contributed by atoms with Crippen LogP contribution in [0.2, 0.25) is 0 Å². The van der Waals surface area contributed by atoms with Crippen LogP contribution < -0.4 is 5.32 Å². The molecular formula is C26H26N2O2S. The minimum Gasteiger partial charge on any atom is -0.378 e. The van der Waals surface area contributed by atoms with Gasteiger partial charge in [0.1, 0.15) is 0 Å². The number of fused-ring (bicyclic) bond motifs is 1. The first-order valence-corrected chi connectivity index (χ1v) is 12.0. The van der Waals surface area contributed by atoms with Crippen molar-refractivity contribution in [1.82, 2.24) is 0 Å². The first-order chi connectivity index (χ1) is 14.7. The lowest BCUT2D eigenvalue weighted by atomic mass is 9.73. The second-order valence-electron chi connectivity index (χ2n) is 8.97. The lowest BCUT2D eigenvalue weighted by molar-refractivity contribution is 0.427. The number of nitrogens with zero attached hydrogens (tertiary/aromatic N) is 1. The first-order valence-electron chi connectivity index (χ1n) is 10.4. The van der Waals surface area contributed by atoms with Crippen molar-refractivity contribution in [3.05, 3.63) is 94.5 Å². The molecule has 3 aromatic carbocycles. The Bertz CT molecular complexity index is 1270. The van der Waals surface area contributed by atoms with Gasteiger partial charge in [0.05, 0.1) is 28.3 Å². The maximum Gasteiger partial charge on any atom is 0.182 e. The molecule has 3 aromatic rings. The number of anilines is 1. The van der Waals surface area contributed by atoms with Crippen molar-refractivity contribution in [2.24, 2.45) is 0 Å². The molecule has 5 heteroatoms. The van der Waals surface area contributed by atoms with Crippen LogP contribution in [0.25, 0.3) is 0 Å². The van der Waals surface area contributed by atoms with Gasteiger partial charge in [-0.25, -0.2) is 8.42 Å². The van der Waals surface area contributed by atoms with Gasteiger partial charge in [-0.05, 0) is 65.8 Å². The van der Waals surface area contributed by atoms with E-state index in [4.69, 9.17) is 0 Å². The minimum absolute atomic E-state index is 0.0257. The zero-order valence-corrected chi connectivity index (χ0v) is 18.8. The predicted molar refractivity (Wildman–Crippen MR) is 124 cm³/mol. The first kappa shape index (κ1) is 21.1. The van der Waals surface area contributed by atoms with Crippen molar-refractivity contribution < 1.29 is 8.42 Å². The van der Waals surface area contributed by atoms with Gasteiger partial charge in [0.15, 0.2) is 9.84 Å². The monoisotopic (exact) mass is 430 g/mol. The molecule has 0 saturated carbocycles. The molecule has 1 aliphatic heterocycles. The molecule has 158 valence electrons. The number of aryl methyl sites for hydroxylation is 1. The van der Waals surface area contributed by atoms with E-state index in [0.717, 1.165) is 34.4 Å². The molecule has 0 aromatic heterocycles. The van der Waals surface area contributed by atoms with Gasteiger partial charge in [-0.3, -0.25) is 0 Å². The van der Waals surface area contributed by atoms with Crippen molar-refractivity contribution in [2.45, 2.75) is 49.3 Å². The third kappa shape index (κ3) is 4.35. The Kier molecular flexibility index (Phi) is 5.36. The van der Waals surface area contributed by atoms with Crippen molar-refractivity contribution >= 4 is 15.5 Å². The Labute approximate surface area is 184 Å². The third-order valence-corrected chi connectivity index (χ3v) is 7.72. The summed E-state index contributed by atoms with van der Waals surface area (Å²) in [6.45, 7) is 6.32. The third-order valence-electron chi connectivity index (χ3n) is 6.01. The standard InChI is InChI=1S/C26H26N2O2S/c1-18-7-10-22(11-8-18)31(29,30)17-20-5-4-6-21(13-20)25-15-26(2,3)23-14-19(16-27)9-12-24(23)28-25/h4-14,25,28H,15,17H2,1-3H3. The molecule has 0 radical (unpaired) electrons. The Morgan fingerprint density at radius 2 is 1.81 bits per heavy atom. The van der Waals surface area contributed by atoms with Gasteiger partial charge >= 0.3 is 0 Å². The summed E-state index contributed by atoms with van der Waals surface area (Å²) in [5, 5.41) is 12.8. The SMILES string of the molecule is Cc1ccc(S(=O)(=O)Cc2cccc(C3CC(C)(C)c4cc(C#N)ccc4N3)c2)cc1. The second kappa shape index (κ2) is 7.86. The predicted octanol–water partition coefficient (Wildman–Crippen LogP) is 5.68. The quantitative estimate of drug-likeness (QED) is 0.578. The molecule has 4 rings (SSSR count). The lowest BCUT2D eigenvalue weighted by Crippen LogP contribution is -2.31.